The van der Waals surface area contributed by atoms with Crippen molar-refractivity contribution in [1.29, 1.82) is 0 Å². The van der Waals surface area contributed by atoms with Gasteiger partial charge in [-0.15, -0.1) is 0 Å². The summed E-state index contributed by atoms with van der Waals surface area (Å²) in [6.45, 7) is 5.40. The third-order valence-electron chi connectivity index (χ3n) is 6.15. The molecule has 2 aliphatic heterocycles. The topological polar surface area (TPSA) is 53.1 Å². The van der Waals surface area contributed by atoms with Gasteiger partial charge in [0.25, 0.3) is 0 Å². The number of methoxy groups -OCH3 is 1. The van der Waals surface area contributed by atoms with Gasteiger partial charge in [-0.1, -0.05) is 37.3 Å². The van der Waals surface area contributed by atoms with Crippen LogP contribution in [-0.2, 0) is 16.0 Å². The molecule has 6 nitrogen and oxygen atoms in total. The molecule has 0 bridgehead atoms. The van der Waals surface area contributed by atoms with Crippen molar-refractivity contribution in [1.82, 2.24) is 4.90 Å². The first-order valence-corrected chi connectivity index (χ1v) is 10.7. The average molecular weight is 408 g/mol. The Morgan fingerprint density at radius 3 is 2.37 bits per heavy atom. The van der Waals surface area contributed by atoms with E-state index in [2.05, 4.69) is 24.0 Å². The van der Waals surface area contributed by atoms with E-state index in [0.29, 0.717) is 26.1 Å². The molecule has 158 valence electrons. The van der Waals surface area contributed by atoms with Crippen molar-refractivity contribution in [3.63, 3.8) is 0 Å². The molecule has 1 atom stereocenters. The fourth-order valence-corrected chi connectivity index (χ4v) is 4.50. The van der Waals surface area contributed by atoms with Gasteiger partial charge in [-0.3, -0.25) is 9.59 Å². The van der Waals surface area contributed by atoms with Crippen molar-refractivity contribution in [2.45, 2.75) is 19.8 Å². The lowest BCUT2D eigenvalue weighted by molar-refractivity contribution is -0.136. The summed E-state index contributed by atoms with van der Waals surface area (Å²) in [6.07, 6.45) is 1.16. The number of carbonyl (C=O) groups is 2. The summed E-state index contributed by atoms with van der Waals surface area (Å²) in [5.41, 5.74) is 3.15. The lowest BCUT2D eigenvalue weighted by Gasteiger charge is -2.37. The van der Waals surface area contributed by atoms with Crippen LogP contribution in [0.2, 0.25) is 0 Å². The fraction of sp³-hybridized carbons (Fsp3) is 0.417. The largest absolute Gasteiger partial charge is 0.495 e. The van der Waals surface area contributed by atoms with Crippen molar-refractivity contribution in [2.75, 3.05) is 49.6 Å². The molecule has 0 radical (unpaired) electrons. The van der Waals surface area contributed by atoms with Crippen molar-refractivity contribution in [2.24, 2.45) is 5.92 Å². The van der Waals surface area contributed by atoms with Gasteiger partial charge >= 0.3 is 0 Å². The van der Waals surface area contributed by atoms with Gasteiger partial charge in [0.2, 0.25) is 11.8 Å². The lowest BCUT2D eigenvalue weighted by Crippen LogP contribution is -2.50. The minimum atomic E-state index is -0.264. The molecular formula is C24H29N3O3. The average Bonchev–Trinajstić information content (AvgIpc) is 3.20. The van der Waals surface area contributed by atoms with E-state index >= 15 is 0 Å². The van der Waals surface area contributed by atoms with E-state index in [1.165, 1.54) is 0 Å². The molecule has 4 rings (SSSR count). The van der Waals surface area contributed by atoms with Crippen LogP contribution in [0.25, 0.3) is 0 Å². The third-order valence-corrected chi connectivity index (χ3v) is 6.15. The number of amides is 2. The summed E-state index contributed by atoms with van der Waals surface area (Å²) in [6, 6.07) is 15.9. The van der Waals surface area contributed by atoms with E-state index in [0.717, 1.165) is 42.2 Å². The summed E-state index contributed by atoms with van der Waals surface area (Å²) in [5, 5.41) is 0. The highest BCUT2D eigenvalue weighted by molar-refractivity contribution is 6.00. The van der Waals surface area contributed by atoms with Gasteiger partial charge in [0.15, 0.2) is 0 Å². The SMILES string of the molecule is CCc1ccccc1N1CC(C(=O)N2CCN(c3ccccc3OC)CC2)CC1=O. The van der Waals surface area contributed by atoms with Gasteiger partial charge in [-0.05, 0) is 30.2 Å². The lowest BCUT2D eigenvalue weighted by atomic mass is 10.1. The number of rotatable bonds is 5. The van der Waals surface area contributed by atoms with E-state index in [-0.39, 0.29) is 17.7 Å². The number of anilines is 2. The first kappa shape index (κ1) is 20.3. The Bertz CT molecular complexity index is 921. The summed E-state index contributed by atoms with van der Waals surface area (Å²) < 4.78 is 5.47. The van der Waals surface area contributed by atoms with Gasteiger partial charge in [0, 0.05) is 44.8 Å². The van der Waals surface area contributed by atoms with Crippen molar-refractivity contribution in [3.05, 3.63) is 54.1 Å². The first-order valence-electron chi connectivity index (χ1n) is 10.7. The number of carbonyl (C=O) groups excluding carboxylic acids is 2. The van der Waals surface area contributed by atoms with Crippen molar-refractivity contribution >= 4 is 23.2 Å². The molecule has 2 amide bonds. The predicted molar refractivity (Wildman–Crippen MR) is 118 cm³/mol. The Hall–Kier alpha value is -3.02. The minimum absolute atomic E-state index is 0.0434. The molecule has 0 N–H and O–H groups in total. The van der Waals surface area contributed by atoms with Crippen molar-refractivity contribution in [3.8, 4) is 5.75 Å². The number of ether oxygens (including phenoxy) is 1. The molecule has 2 heterocycles. The Morgan fingerprint density at radius 1 is 1.00 bits per heavy atom. The zero-order chi connectivity index (χ0) is 21.1. The Labute approximate surface area is 178 Å². The molecule has 2 fully saturated rings. The summed E-state index contributed by atoms with van der Waals surface area (Å²) >= 11 is 0. The minimum Gasteiger partial charge on any atom is -0.495 e. The predicted octanol–water partition coefficient (Wildman–Crippen LogP) is 2.96. The highest BCUT2D eigenvalue weighted by atomic mass is 16.5. The van der Waals surface area contributed by atoms with Crippen LogP contribution >= 0.6 is 0 Å². The van der Waals surface area contributed by atoms with E-state index in [9.17, 15) is 9.59 Å². The molecular weight excluding hydrogens is 378 g/mol. The maximum atomic E-state index is 13.1. The van der Waals surface area contributed by atoms with Crippen LogP contribution in [0.1, 0.15) is 18.9 Å². The van der Waals surface area contributed by atoms with Gasteiger partial charge < -0.3 is 19.4 Å². The molecule has 0 spiro atoms. The molecule has 2 aromatic rings. The number of hydrogen-bond acceptors (Lipinski definition) is 4. The molecule has 0 aromatic heterocycles. The molecule has 0 saturated carbocycles. The zero-order valence-electron chi connectivity index (χ0n) is 17.7. The van der Waals surface area contributed by atoms with Crippen LogP contribution in [0.3, 0.4) is 0 Å². The number of nitrogens with zero attached hydrogens (tertiary/aromatic N) is 3. The fourth-order valence-electron chi connectivity index (χ4n) is 4.50. The second-order valence-corrected chi connectivity index (χ2v) is 7.87. The summed E-state index contributed by atoms with van der Waals surface area (Å²) in [4.78, 5) is 31.8. The summed E-state index contributed by atoms with van der Waals surface area (Å²) in [7, 11) is 1.68. The normalized spacial score (nSPS) is 19.3. The van der Waals surface area contributed by atoms with Gasteiger partial charge in [0.05, 0.1) is 18.7 Å². The van der Waals surface area contributed by atoms with Crippen LogP contribution in [0.4, 0.5) is 11.4 Å². The monoisotopic (exact) mass is 407 g/mol. The molecule has 6 heteroatoms. The Kier molecular flexibility index (Phi) is 5.93. The highest BCUT2D eigenvalue weighted by Gasteiger charge is 2.38. The molecule has 30 heavy (non-hydrogen) atoms. The molecule has 2 aromatic carbocycles. The molecule has 1 unspecified atom stereocenters. The van der Waals surface area contributed by atoms with E-state index in [1.54, 1.807) is 12.0 Å². The van der Waals surface area contributed by atoms with E-state index in [1.807, 2.05) is 41.3 Å². The van der Waals surface area contributed by atoms with Crippen LogP contribution < -0.4 is 14.5 Å². The van der Waals surface area contributed by atoms with Gasteiger partial charge in [0.1, 0.15) is 5.75 Å². The molecule has 2 saturated heterocycles. The third kappa shape index (κ3) is 3.86. The van der Waals surface area contributed by atoms with Crippen molar-refractivity contribution < 1.29 is 14.3 Å². The Balaban J connectivity index is 1.40. The smallest absolute Gasteiger partial charge is 0.228 e. The standard InChI is InChI=1S/C24H29N3O3/c1-3-18-8-4-5-9-20(18)27-17-19(16-23(27)28)24(29)26-14-12-25(13-15-26)21-10-6-7-11-22(21)30-2/h4-11,19H,3,12-17H2,1-2H3. The number of hydrogen-bond donors (Lipinski definition) is 0. The summed E-state index contributed by atoms with van der Waals surface area (Å²) in [5.74, 6) is 0.727. The zero-order valence-corrected chi connectivity index (χ0v) is 17.7. The van der Waals surface area contributed by atoms with Crippen LogP contribution in [-0.4, -0.2) is 56.5 Å². The number of aryl methyl sites for hydroxylation is 1. The van der Waals surface area contributed by atoms with Gasteiger partial charge in [-0.25, -0.2) is 0 Å². The van der Waals surface area contributed by atoms with Crippen LogP contribution in [0, 0.1) is 5.92 Å². The quantitative estimate of drug-likeness (QED) is 0.765. The second-order valence-electron chi connectivity index (χ2n) is 7.87. The number of benzene rings is 2. The van der Waals surface area contributed by atoms with E-state index in [4.69, 9.17) is 4.74 Å². The first-order chi connectivity index (χ1) is 14.6. The highest BCUT2D eigenvalue weighted by Crippen LogP contribution is 2.31. The van der Waals surface area contributed by atoms with Crippen LogP contribution in [0.15, 0.2) is 48.5 Å². The Morgan fingerprint density at radius 2 is 1.67 bits per heavy atom. The number of para-hydroxylation sites is 3. The number of piperazine rings is 1. The maximum absolute atomic E-state index is 13.1. The second kappa shape index (κ2) is 8.78. The molecule has 2 aliphatic rings. The van der Waals surface area contributed by atoms with Crippen LogP contribution in [0.5, 0.6) is 5.75 Å². The molecule has 0 aliphatic carbocycles. The van der Waals surface area contributed by atoms with Gasteiger partial charge in [-0.2, -0.15) is 0 Å². The maximum Gasteiger partial charge on any atom is 0.228 e. The van der Waals surface area contributed by atoms with E-state index < -0.39 is 0 Å².